The summed E-state index contributed by atoms with van der Waals surface area (Å²) in [6, 6.07) is 0.540. The Morgan fingerprint density at radius 2 is 1.82 bits per heavy atom. The summed E-state index contributed by atoms with van der Waals surface area (Å²) in [7, 11) is -0.396. The SMILES string of the molecule is CC1(C)OB(c2cn(C3CC3)nn2)OC1(C)C. The maximum absolute atomic E-state index is 5.93. The Morgan fingerprint density at radius 1 is 1.24 bits per heavy atom. The molecule has 1 saturated carbocycles. The molecule has 2 fully saturated rings. The fourth-order valence-corrected chi connectivity index (χ4v) is 1.88. The second-order valence-electron chi connectivity index (χ2n) is 5.94. The van der Waals surface area contributed by atoms with Crippen LogP contribution in [0.1, 0.15) is 46.6 Å². The third-order valence-electron chi connectivity index (χ3n) is 3.94. The molecule has 5 nitrogen and oxygen atoms in total. The minimum absolute atomic E-state index is 0.318. The zero-order valence-corrected chi connectivity index (χ0v) is 10.8. The molecule has 0 radical (unpaired) electrons. The lowest BCUT2D eigenvalue weighted by Crippen LogP contribution is -2.41. The van der Waals surface area contributed by atoms with Gasteiger partial charge in [-0.2, -0.15) is 0 Å². The van der Waals surface area contributed by atoms with E-state index in [1.807, 2.05) is 38.6 Å². The molecule has 17 heavy (non-hydrogen) atoms. The molecule has 3 rings (SSSR count). The highest BCUT2D eigenvalue weighted by Gasteiger charge is 2.53. The van der Waals surface area contributed by atoms with Crippen LogP contribution in [0.3, 0.4) is 0 Å². The minimum Gasteiger partial charge on any atom is -0.398 e. The van der Waals surface area contributed by atoms with Crippen LogP contribution in [0.25, 0.3) is 0 Å². The van der Waals surface area contributed by atoms with Crippen molar-refractivity contribution in [1.82, 2.24) is 15.0 Å². The lowest BCUT2D eigenvalue weighted by Gasteiger charge is -2.32. The van der Waals surface area contributed by atoms with Crippen LogP contribution in [0.2, 0.25) is 0 Å². The van der Waals surface area contributed by atoms with E-state index < -0.39 is 7.12 Å². The molecule has 1 aromatic heterocycles. The highest BCUT2D eigenvalue weighted by Crippen LogP contribution is 2.37. The van der Waals surface area contributed by atoms with Gasteiger partial charge in [-0.3, -0.25) is 0 Å². The topological polar surface area (TPSA) is 49.2 Å². The van der Waals surface area contributed by atoms with Gasteiger partial charge in [0, 0.05) is 6.20 Å². The quantitative estimate of drug-likeness (QED) is 0.715. The molecule has 1 aromatic rings. The van der Waals surface area contributed by atoms with Crippen LogP contribution in [0, 0.1) is 0 Å². The van der Waals surface area contributed by atoms with E-state index in [2.05, 4.69) is 10.3 Å². The highest BCUT2D eigenvalue weighted by atomic mass is 16.7. The van der Waals surface area contributed by atoms with E-state index >= 15 is 0 Å². The van der Waals surface area contributed by atoms with Gasteiger partial charge in [0.25, 0.3) is 0 Å². The van der Waals surface area contributed by atoms with Gasteiger partial charge in [-0.25, -0.2) is 4.68 Å². The monoisotopic (exact) mass is 235 g/mol. The van der Waals surface area contributed by atoms with Crippen molar-refractivity contribution in [3.63, 3.8) is 0 Å². The largest absolute Gasteiger partial charge is 0.518 e. The molecule has 0 unspecified atom stereocenters. The van der Waals surface area contributed by atoms with Gasteiger partial charge in [-0.1, -0.05) is 5.21 Å². The Labute approximate surface area is 102 Å². The predicted octanol–water partition coefficient (Wildman–Crippen LogP) is 0.912. The Balaban J connectivity index is 1.81. The van der Waals surface area contributed by atoms with E-state index in [0.717, 1.165) is 5.59 Å². The van der Waals surface area contributed by atoms with Gasteiger partial charge in [0.2, 0.25) is 0 Å². The molecule has 2 heterocycles. The second kappa shape index (κ2) is 3.33. The lowest BCUT2D eigenvalue weighted by molar-refractivity contribution is 0.00578. The van der Waals surface area contributed by atoms with Crippen LogP contribution in [-0.4, -0.2) is 33.3 Å². The maximum Gasteiger partial charge on any atom is 0.518 e. The molecule has 0 aromatic carbocycles. The Bertz CT molecular complexity index is 424. The van der Waals surface area contributed by atoms with Gasteiger partial charge < -0.3 is 9.31 Å². The summed E-state index contributed by atoms with van der Waals surface area (Å²) in [5.74, 6) is 0. The molecule has 0 atom stereocenters. The van der Waals surface area contributed by atoms with Crippen molar-refractivity contribution in [2.45, 2.75) is 57.8 Å². The van der Waals surface area contributed by atoms with Crippen LogP contribution < -0.4 is 5.59 Å². The molecule has 92 valence electrons. The van der Waals surface area contributed by atoms with E-state index in [0.29, 0.717) is 6.04 Å². The van der Waals surface area contributed by atoms with E-state index in [1.54, 1.807) is 0 Å². The van der Waals surface area contributed by atoms with Gasteiger partial charge in [0.15, 0.2) is 0 Å². The lowest BCUT2D eigenvalue weighted by atomic mass is 9.86. The van der Waals surface area contributed by atoms with Gasteiger partial charge in [-0.15, -0.1) is 5.10 Å². The van der Waals surface area contributed by atoms with Crippen LogP contribution in [0.15, 0.2) is 6.20 Å². The number of nitrogens with zero attached hydrogens (tertiary/aromatic N) is 3. The molecule has 1 saturated heterocycles. The number of hydrogen-bond acceptors (Lipinski definition) is 4. The molecule has 1 aliphatic carbocycles. The third-order valence-corrected chi connectivity index (χ3v) is 3.94. The number of hydrogen-bond donors (Lipinski definition) is 0. The van der Waals surface area contributed by atoms with Crippen molar-refractivity contribution >= 4 is 12.7 Å². The first-order valence-electron chi connectivity index (χ1n) is 6.16. The average Bonchev–Trinajstić information content (AvgIpc) is 2.89. The highest BCUT2D eigenvalue weighted by molar-refractivity contribution is 6.61. The molecular weight excluding hydrogens is 217 g/mol. The van der Waals surface area contributed by atoms with Crippen molar-refractivity contribution < 1.29 is 9.31 Å². The summed E-state index contributed by atoms with van der Waals surface area (Å²) >= 11 is 0. The average molecular weight is 235 g/mol. The van der Waals surface area contributed by atoms with Crippen molar-refractivity contribution in [1.29, 1.82) is 0 Å². The molecule has 6 heteroatoms. The standard InChI is InChI=1S/C11H18BN3O2/c1-10(2)11(3,4)17-12(16-10)9-7-15(14-13-9)8-5-6-8/h7-8H,5-6H2,1-4H3. The zero-order valence-electron chi connectivity index (χ0n) is 10.8. The Kier molecular flexibility index (Phi) is 2.20. The molecule has 0 amide bonds. The van der Waals surface area contributed by atoms with E-state index in [-0.39, 0.29) is 11.2 Å². The smallest absolute Gasteiger partial charge is 0.398 e. The van der Waals surface area contributed by atoms with Crippen molar-refractivity contribution in [3.05, 3.63) is 6.20 Å². The molecule has 2 aliphatic rings. The second-order valence-corrected chi connectivity index (χ2v) is 5.94. The van der Waals surface area contributed by atoms with E-state index in [1.165, 1.54) is 12.8 Å². The molecule has 0 spiro atoms. The van der Waals surface area contributed by atoms with Gasteiger partial charge in [0.1, 0.15) is 5.59 Å². The van der Waals surface area contributed by atoms with Gasteiger partial charge >= 0.3 is 7.12 Å². The first-order valence-corrected chi connectivity index (χ1v) is 6.16. The maximum atomic E-state index is 5.93. The van der Waals surface area contributed by atoms with E-state index in [4.69, 9.17) is 9.31 Å². The molecular formula is C11H18BN3O2. The van der Waals surface area contributed by atoms with Crippen molar-refractivity contribution in [2.24, 2.45) is 0 Å². The Morgan fingerprint density at radius 3 is 2.35 bits per heavy atom. The van der Waals surface area contributed by atoms with Crippen molar-refractivity contribution in [2.75, 3.05) is 0 Å². The van der Waals surface area contributed by atoms with Gasteiger partial charge in [0.05, 0.1) is 17.2 Å². The molecule has 1 aliphatic heterocycles. The Hall–Kier alpha value is -0.875. The normalized spacial score (nSPS) is 26.5. The summed E-state index contributed by atoms with van der Waals surface area (Å²) in [5, 5.41) is 8.28. The summed E-state index contributed by atoms with van der Waals surface area (Å²) < 4.78 is 13.8. The summed E-state index contributed by atoms with van der Waals surface area (Å²) in [6.07, 6.45) is 4.35. The first-order chi connectivity index (χ1) is 7.89. The predicted molar refractivity (Wildman–Crippen MR) is 64.0 cm³/mol. The summed E-state index contributed by atoms with van der Waals surface area (Å²) in [5.41, 5.74) is 0.137. The minimum atomic E-state index is -0.396. The first kappa shape index (κ1) is 11.2. The third kappa shape index (κ3) is 1.79. The van der Waals surface area contributed by atoms with Crippen molar-refractivity contribution in [3.8, 4) is 0 Å². The van der Waals surface area contributed by atoms with E-state index in [9.17, 15) is 0 Å². The summed E-state index contributed by atoms with van der Waals surface area (Å²) in [6.45, 7) is 8.16. The molecule has 0 bridgehead atoms. The van der Waals surface area contributed by atoms with Crippen LogP contribution in [0.4, 0.5) is 0 Å². The molecule has 0 N–H and O–H groups in total. The zero-order chi connectivity index (χ0) is 12.3. The van der Waals surface area contributed by atoms with Gasteiger partial charge in [-0.05, 0) is 40.5 Å². The fraction of sp³-hybridized carbons (Fsp3) is 0.818. The van der Waals surface area contributed by atoms with Crippen LogP contribution in [0.5, 0.6) is 0 Å². The number of rotatable bonds is 2. The number of aromatic nitrogens is 3. The summed E-state index contributed by atoms with van der Waals surface area (Å²) in [4.78, 5) is 0. The van der Waals surface area contributed by atoms with Crippen LogP contribution in [-0.2, 0) is 9.31 Å². The van der Waals surface area contributed by atoms with Crippen LogP contribution >= 0.6 is 0 Å². The fourth-order valence-electron chi connectivity index (χ4n) is 1.88.